The lowest BCUT2D eigenvalue weighted by Crippen LogP contribution is -2.28. The van der Waals surface area contributed by atoms with Crippen molar-refractivity contribution in [1.29, 1.82) is 0 Å². The predicted molar refractivity (Wildman–Crippen MR) is 82.7 cm³/mol. The van der Waals surface area contributed by atoms with Gasteiger partial charge in [0.2, 0.25) is 0 Å². The Morgan fingerprint density at radius 1 is 1.35 bits per heavy atom. The van der Waals surface area contributed by atoms with Crippen molar-refractivity contribution in [2.45, 2.75) is 39.3 Å². The molecule has 0 fully saturated rings. The molecule has 2 rings (SSSR count). The van der Waals surface area contributed by atoms with Gasteiger partial charge < -0.3 is 15.0 Å². The SMILES string of the molecule is CCn1c(CC(N)CC(C)COC)nc2ccccc21. The highest BCUT2D eigenvalue weighted by Crippen LogP contribution is 2.18. The summed E-state index contributed by atoms with van der Waals surface area (Å²) in [7, 11) is 1.73. The average molecular weight is 275 g/mol. The van der Waals surface area contributed by atoms with Gasteiger partial charge in [0.25, 0.3) is 0 Å². The molecule has 0 saturated heterocycles. The van der Waals surface area contributed by atoms with Gasteiger partial charge in [-0.1, -0.05) is 19.1 Å². The lowest BCUT2D eigenvalue weighted by Gasteiger charge is -2.17. The molecular weight excluding hydrogens is 250 g/mol. The second-order valence-electron chi connectivity index (χ2n) is 5.52. The van der Waals surface area contributed by atoms with Crippen LogP contribution < -0.4 is 5.73 Å². The summed E-state index contributed by atoms with van der Waals surface area (Å²) in [5, 5.41) is 0. The Balaban J connectivity index is 2.12. The molecule has 0 radical (unpaired) electrons. The Morgan fingerprint density at radius 3 is 2.80 bits per heavy atom. The number of methoxy groups -OCH3 is 1. The molecule has 4 heteroatoms. The van der Waals surface area contributed by atoms with Crippen LogP contribution in [-0.2, 0) is 17.7 Å². The number of ether oxygens (including phenoxy) is 1. The lowest BCUT2D eigenvalue weighted by atomic mass is 10.0. The van der Waals surface area contributed by atoms with Crippen LogP contribution >= 0.6 is 0 Å². The molecule has 110 valence electrons. The Labute approximate surface area is 120 Å². The number of hydrogen-bond donors (Lipinski definition) is 1. The number of imidazole rings is 1. The fourth-order valence-corrected chi connectivity index (χ4v) is 2.82. The van der Waals surface area contributed by atoms with E-state index < -0.39 is 0 Å². The maximum Gasteiger partial charge on any atom is 0.111 e. The first-order valence-corrected chi connectivity index (χ1v) is 7.34. The highest BCUT2D eigenvalue weighted by molar-refractivity contribution is 5.75. The van der Waals surface area contributed by atoms with E-state index in [0.717, 1.165) is 37.3 Å². The van der Waals surface area contributed by atoms with E-state index in [1.807, 2.05) is 6.07 Å². The van der Waals surface area contributed by atoms with Gasteiger partial charge in [0, 0.05) is 32.7 Å². The van der Waals surface area contributed by atoms with Crippen LogP contribution in [0.4, 0.5) is 0 Å². The third-order valence-corrected chi connectivity index (χ3v) is 3.65. The van der Waals surface area contributed by atoms with Gasteiger partial charge >= 0.3 is 0 Å². The Hall–Kier alpha value is -1.39. The average Bonchev–Trinajstić information content (AvgIpc) is 2.75. The van der Waals surface area contributed by atoms with Gasteiger partial charge in [-0.2, -0.15) is 0 Å². The van der Waals surface area contributed by atoms with Crippen LogP contribution in [0.1, 0.15) is 26.1 Å². The first kappa shape index (κ1) is 15.0. The van der Waals surface area contributed by atoms with Crippen LogP contribution in [0.3, 0.4) is 0 Å². The molecule has 0 aliphatic rings. The summed E-state index contributed by atoms with van der Waals surface area (Å²) >= 11 is 0. The van der Waals surface area contributed by atoms with Crippen LogP contribution in [0, 0.1) is 5.92 Å². The van der Waals surface area contributed by atoms with Crippen LogP contribution in [0.15, 0.2) is 24.3 Å². The molecule has 0 spiro atoms. The molecular formula is C16H25N3O. The van der Waals surface area contributed by atoms with Crippen molar-refractivity contribution < 1.29 is 4.74 Å². The molecule has 1 heterocycles. The van der Waals surface area contributed by atoms with Crippen LogP contribution in [0.25, 0.3) is 11.0 Å². The normalized spacial score (nSPS) is 14.6. The summed E-state index contributed by atoms with van der Waals surface area (Å²) in [5.41, 5.74) is 8.53. The summed E-state index contributed by atoms with van der Waals surface area (Å²) in [6.07, 6.45) is 1.78. The molecule has 1 aromatic carbocycles. The number of para-hydroxylation sites is 2. The van der Waals surface area contributed by atoms with Crippen molar-refractivity contribution in [1.82, 2.24) is 9.55 Å². The van der Waals surface area contributed by atoms with Gasteiger partial charge in [-0.05, 0) is 31.4 Å². The van der Waals surface area contributed by atoms with E-state index in [4.69, 9.17) is 15.5 Å². The van der Waals surface area contributed by atoms with E-state index in [1.165, 1.54) is 5.52 Å². The standard InChI is InChI=1S/C16H25N3O/c1-4-19-15-8-6-5-7-14(15)18-16(19)10-13(17)9-12(2)11-20-3/h5-8,12-13H,4,9-11,17H2,1-3H3. The van der Waals surface area contributed by atoms with Crippen molar-refractivity contribution in [3.63, 3.8) is 0 Å². The largest absolute Gasteiger partial charge is 0.384 e. The fraction of sp³-hybridized carbons (Fsp3) is 0.562. The number of benzene rings is 1. The summed E-state index contributed by atoms with van der Waals surface area (Å²) in [6, 6.07) is 8.39. The number of aryl methyl sites for hydroxylation is 1. The molecule has 20 heavy (non-hydrogen) atoms. The van der Waals surface area contributed by atoms with Crippen molar-refractivity contribution in [3.05, 3.63) is 30.1 Å². The minimum atomic E-state index is 0.127. The fourth-order valence-electron chi connectivity index (χ4n) is 2.82. The van der Waals surface area contributed by atoms with Crippen molar-refractivity contribution >= 4 is 11.0 Å². The van der Waals surface area contributed by atoms with Gasteiger partial charge in [0.05, 0.1) is 11.0 Å². The van der Waals surface area contributed by atoms with Gasteiger partial charge in [0.15, 0.2) is 0 Å². The van der Waals surface area contributed by atoms with E-state index in [1.54, 1.807) is 7.11 Å². The van der Waals surface area contributed by atoms with Gasteiger partial charge in [0.1, 0.15) is 5.82 Å². The Kier molecular flexibility index (Phi) is 5.15. The Bertz CT molecular complexity index is 550. The number of aromatic nitrogens is 2. The predicted octanol–water partition coefficient (Wildman–Crippen LogP) is 2.60. The second kappa shape index (κ2) is 6.86. The van der Waals surface area contributed by atoms with Crippen molar-refractivity contribution in [3.8, 4) is 0 Å². The number of nitrogens with zero attached hydrogens (tertiary/aromatic N) is 2. The summed E-state index contributed by atoms with van der Waals surface area (Å²) in [4.78, 5) is 4.73. The maximum atomic E-state index is 6.27. The zero-order valence-corrected chi connectivity index (χ0v) is 12.7. The molecule has 2 N–H and O–H groups in total. The summed E-state index contributed by atoms with van der Waals surface area (Å²) in [5.74, 6) is 1.57. The van der Waals surface area contributed by atoms with Crippen LogP contribution in [0.5, 0.6) is 0 Å². The highest BCUT2D eigenvalue weighted by Gasteiger charge is 2.15. The third-order valence-electron chi connectivity index (χ3n) is 3.65. The van der Waals surface area contributed by atoms with E-state index in [9.17, 15) is 0 Å². The molecule has 0 saturated carbocycles. The number of hydrogen-bond acceptors (Lipinski definition) is 3. The smallest absolute Gasteiger partial charge is 0.111 e. The molecule has 2 aromatic rings. The first-order valence-electron chi connectivity index (χ1n) is 7.34. The Morgan fingerprint density at radius 2 is 2.10 bits per heavy atom. The van der Waals surface area contributed by atoms with Gasteiger partial charge in [-0.15, -0.1) is 0 Å². The number of nitrogens with two attached hydrogens (primary N) is 1. The molecule has 4 nitrogen and oxygen atoms in total. The van der Waals surface area contributed by atoms with Gasteiger partial charge in [-0.25, -0.2) is 4.98 Å². The summed E-state index contributed by atoms with van der Waals surface area (Å²) in [6.45, 7) is 6.01. The lowest BCUT2D eigenvalue weighted by molar-refractivity contribution is 0.152. The van der Waals surface area contributed by atoms with E-state index in [-0.39, 0.29) is 6.04 Å². The van der Waals surface area contributed by atoms with E-state index in [0.29, 0.717) is 5.92 Å². The maximum absolute atomic E-state index is 6.27. The topological polar surface area (TPSA) is 53.1 Å². The third kappa shape index (κ3) is 3.38. The summed E-state index contributed by atoms with van der Waals surface area (Å²) < 4.78 is 7.43. The molecule has 0 amide bonds. The van der Waals surface area contributed by atoms with Crippen molar-refractivity contribution in [2.75, 3.05) is 13.7 Å². The van der Waals surface area contributed by atoms with Crippen molar-refractivity contribution in [2.24, 2.45) is 11.7 Å². The van der Waals surface area contributed by atoms with E-state index in [2.05, 4.69) is 36.6 Å². The molecule has 1 aromatic heterocycles. The molecule has 0 aliphatic heterocycles. The second-order valence-corrected chi connectivity index (χ2v) is 5.52. The first-order chi connectivity index (χ1) is 9.65. The number of rotatable bonds is 7. The molecule has 2 unspecified atom stereocenters. The van der Waals surface area contributed by atoms with Crippen LogP contribution in [-0.4, -0.2) is 29.3 Å². The minimum absolute atomic E-state index is 0.127. The van der Waals surface area contributed by atoms with Crippen LogP contribution in [0.2, 0.25) is 0 Å². The number of fused-ring (bicyclic) bond motifs is 1. The zero-order valence-electron chi connectivity index (χ0n) is 12.7. The highest BCUT2D eigenvalue weighted by atomic mass is 16.5. The molecule has 0 aliphatic carbocycles. The quantitative estimate of drug-likeness (QED) is 0.845. The molecule has 0 bridgehead atoms. The van der Waals surface area contributed by atoms with Gasteiger partial charge in [-0.3, -0.25) is 0 Å². The monoisotopic (exact) mass is 275 g/mol. The van der Waals surface area contributed by atoms with E-state index >= 15 is 0 Å². The minimum Gasteiger partial charge on any atom is -0.384 e. The zero-order chi connectivity index (χ0) is 14.5. The molecule has 2 atom stereocenters.